The lowest BCUT2D eigenvalue weighted by Crippen LogP contribution is -2.42. The van der Waals surface area contributed by atoms with Crippen molar-refractivity contribution in [3.05, 3.63) is 24.3 Å². The van der Waals surface area contributed by atoms with E-state index in [9.17, 15) is 0 Å². The number of nitrogens with two attached hydrogens (primary N) is 1. The molecule has 0 spiro atoms. The molecule has 1 aliphatic carbocycles. The summed E-state index contributed by atoms with van der Waals surface area (Å²) in [7, 11) is 0. The molecule has 3 rings (SSSR count). The second kappa shape index (κ2) is 4.00. The maximum absolute atomic E-state index is 5.74. The third-order valence-corrected chi connectivity index (χ3v) is 4.22. The minimum Gasteiger partial charge on any atom is -0.399 e. The summed E-state index contributed by atoms with van der Waals surface area (Å²) in [4.78, 5) is 2.61. The molecule has 1 aliphatic heterocycles. The molecule has 0 bridgehead atoms. The minimum atomic E-state index is 0.803. The highest BCUT2D eigenvalue weighted by atomic mass is 15.2. The lowest BCUT2D eigenvalue weighted by atomic mass is 9.91. The SMILES string of the molecule is Nc1ccc(N2CCCC3CCCC32)cc1. The Morgan fingerprint density at radius 2 is 1.75 bits per heavy atom. The maximum atomic E-state index is 5.74. The Balaban J connectivity index is 1.85. The standard InChI is InChI=1S/C14H20N2/c15-12-6-8-13(9-7-12)16-10-2-4-11-3-1-5-14(11)16/h6-9,11,14H,1-5,10,15H2. The van der Waals surface area contributed by atoms with Gasteiger partial charge in [-0.2, -0.15) is 0 Å². The molecular weight excluding hydrogens is 196 g/mol. The lowest BCUT2D eigenvalue weighted by molar-refractivity contribution is 0.362. The van der Waals surface area contributed by atoms with Crippen molar-refractivity contribution >= 4 is 11.4 Å². The zero-order valence-electron chi connectivity index (χ0n) is 9.73. The van der Waals surface area contributed by atoms with Crippen LogP contribution < -0.4 is 10.6 Å². The fraction of sp³-hybridized carbons (Fsp3) is 0.571. The molecular formula is C14H20N2. The van der Waals surface area contributed by atoms with E-state index in [1.807, 2.05) is 12.1 Å². The Hall–Kier alpha value is -1.18. The van der Waals surface area contributed by atoms with E-state index in [1.54, 1.807) is 0 Å². The molecule has 0 radical (unpaired) electrons. The van der Waals surface area contributed by atoms with Gasteiger partial charge in [0.15, 0.2) is 0 Å². The molecule has 86 valence electrons. The molecule has 16 heavy (non-hydrogen) atoms. The van der Waals surface area contributed by atoms with Gasteiger partial charge in [-0.05, 0) is 55.9 Å². The Morgan fingerprint density at radius 3 is 2.56 bits per heavy atom. The summed E-state index contributed by atoms with van der Waals surface area (Å²) in [6.45, 7) is 1.23. The monoisotopic (exact) mass is 216 g/mol. The average molecular weight is 216 g/mol. The molecule has 1 heterocycles. The molecule has 1 saturated carbocycles. The highest BCUT2D eigenvalue weighted by molar-refractivity contribution is 5.54. The predicted molar refractivity (Wildman–Crippen MR) is 68.6 cm³/mol. The number of rotatable bonds is 1. The molecule has 0 aromatic heterocycles. The number of hydrogen-bond acceptors (Lipinski definition) is 2. The van der Waals surface area contributed by atoms with Gasteiger partial charge in [0.25, 0.3) is 0 Å². The number of nitrogens with zero attached hydrogens (tertiary/aromatic N) is 1. The van der Waals surface area contributed by atoms with Crippen LogP contribution in [0.3, 0.4) is 0 Å². The van der Waals surface area contributed by atoms with Crippen LogP contribution in [0.4, 0.5) is 11.4 Å². The van der Waals surface area contributed by atoms with Crippen LogP contribution in [0.5, 0.6) is 0 Å². The summed E-state index contributed by atoms with van der Waals surface area (Å²) in [5, 5.41) is 0. The van der Waals surface area contributed by atoms with E-state index in [0.29, 0.717) is 0 Å². The van der Waals surface area contributed by atoms with Gasteiger partial charge in [0.1, 0.15) is 0 Å². The molecule has 0 amide bonds. The van der Waals surface area contributed by atoms with Crippen LogP contribution in [0, 0.1) is 5.92 Å². The second-order valence-electron chi connectivity index (χ2n) is 5.19. The first kappa shape index (κ1) is 10.0. The van der Waals surface area contributed by atoms with Crippen LogP contribution in [0.15, 0.2) is 24.3 Å². The Kier molecular flexibility index (Phi) is 2.50. The first-order valence-electron chi connectivity index (χ1n) is 6.47. The molecule has 2 atom stereocenters. The zero-order valence-corrected chi connectivity index (χ0v) is 9.73. The van der Waals surface area contributed by atoms with E-state index in [2.05, 4.69) is 17.0 Å². The number of benzene rings is 1. The lowest BCUT2D eigenvalue weighted by Gasteiger charge is -2.39. The number of nitrogen functional groups attached to an aromatic ring is 1. The molecule has 2 heteroatoms. The topological polar surface area (TPSA) is 29.3 Å². The smallest absolute Gasteiger partial charge is 0.0370 e. The first-order valence-corrected chi connectivity index (χ1v) is 6.47. The number of anilines is 2. The third kappa shape index (κ3) is 1.66. The van der Waals surface area contributed by atoms with E-state index >= 15 is 0 Å². The predicted octanol–water partition coefficient (Wildman–Crippen LogP) is 3.04. The third-order valence-electron chi connectivity index (χ3n) is 4.22. The van der Waals surface area contributed by atoms with E-state index in [4.69, 9.17) is 5.73 Å². The highest BCUT2D eigenvalue weighted by Crippen LogP contribution is 2.39. The summed E-state index contributed by atoms with van der Waals surface area (Å²) in [6, 6.07) is 9.20. The molecule has 2 unspecified atom stereocenters. The van der Waals surface area contributed by atoms with E-state index in [1.165, 1.54) is 44.3 Å². The van der Waals surface area contributed by atoms with Crippen molar-refractivity contribution in [1.82, 2.24) is 0 Å². The Bertz CT molecular complexity index is 358. The summed E-state index contributed by atoms with van der Waals surface area (Å²) in [5.74, 6) is 0.950. The van der Waals surface area contributed by atoms with Gasteiger partial charge >= 0.3 is 0 Å². The summed E-state index contributed by atoms with van der Waals surface area (Å²) >= 11 is 0. The van der Waals surface area contributed by atoms with Crippen molar-refractivity contribution in [3.63, 3.8) is 0 Å². The van der Waals surface area contributed by atoms with Crippen LogP contribution in [0.25, 0.3) is 0 Å². The molecule has 1 aromatic rings. The molecule has 1 saturated heterocycles. The molecule has 2 nitrogen and oxygen atoms in total. The molecule has 2 N–H and O–H groups in total. The largest absolute Gasteiger partial charge is 0.399 e. The fourth-order valence-electron chi connectivity index (χ4n) is 3.44. The van der Waals surface area contributed by atoms with Crippen LogP contribution in [0.1, 0.15) is 32.1 Å². The van der Waals surface area contributed by atoms with Gasteiger partial charge in [-0.15, -0.1) is 0 Å². The van der Waals surface area contributed by atoms with Gasteiger partial charge in [0, 0.05) is 24.0 Å². The quantitative estimate of drug-likeness (QED) is 0.731. The molecule has 2 aliphatic rings. The molecule has 2 fully saturated rings. The second-order valence-corrected chi connectivity index (χ2v) is 5.19. The van der Waals surface area contributed by atoms with Crippen LogP contribution in [-0.2, 0) is 0 Å². The van der Waals surface area contributed by atoms with E-state index in [0.717, 1.165) is 17.6 Å². The van der Waals surface area contributed by atoms with Gasteiger partial charge < -0.3 is 10.6 Å². The van der Waals surface area contributed by atoms with Gasteiger partial charge in [-0.25, -0.2) is 0 Å². The highest BCUT2D eigenvalue weighted by Gasteiger charge is 2.34. The summed E-state index contributed by atoms with van der Waals surface area (Å²) < 4.78 is 0. The summed E-state index contributed by atoms with van der Waals surface area (Å²) in [5.41, 5.74) is 7.98. The fourth-order valence-corrected chi connectivity index (χ4v) is 3.44. The van der Waals surface area contributed by atoms with Crippen molar-refractivity contribution in [1.29, 1.82) is 0 Å². The number of hydrogen-bond donors (Lipinski definition) is 1. The molecule has 1 aromatic carbocycles. The minimum absolute atomic E-state index is 0.803. The average Bonchev–Trinajstić information content (AvgIpc) is 2.78. The van der Waals surface area contributed by atoms with Crippen molar-refractivity contribution in [2.24, 2.45) is 5.92 Å². The first-order chi connectivity index (χ1) is 7.84. The Morgan fingerprint density at radius 1 is 1.00 bits per heavy atom. The van der Waals surface area contributed by atoms with Crippen molar-refractivity contribution in [2.45, 2.75) is 38.1 Å². The Labute approximate surface area is 97.4 Å². The number of fused-ring (bicyclic) bond motifs is 1. The maximum Gasteiger partial charge on any atom is 0.0370 e. The summed E-state index contributed by atoms with van der Waals surface area (Å²) in [6.07, 6.45) is 7.04. The van der Waals surface area contributed by atoms with E-state index in [-0.39, 0.29) is 0 Å². The zero-order chi connectivity index (χ0) is 11.0. The normalized spacial score (nSPS) is 29.1. The van der Waals surface area contributed by atoms with Crippen LogP contribution in [-0.4, -0.2) is 12.6 Å². The van der Waals surface area contributed by atoms with Gasteiger partial charge in [-0.1, -0.05) is 6.42 Å². The van der Waals surface area contributed by atoms with Gasteiger partial charge in [-0.3, -0.25) is 0 Å². The van der Waals surface area contributed by atoms with Gasteiger partial charge in [0.2, 0.25) is 0 Å². The van der Waals surface area contributed by atoms with Crippen LogP contribution >= 0.6 is 0 Å². The van der Waals surface area contributed by atoms with Gasteiger partial charge in [0.05, 0.1) is 0 Å². The number of piperidine rings is 1. The van der Waals surface area contributed by atoms with Crippen molar-refractivity contribution in [3.8, 4) is 0 Å². The van der Waals surface area contributed by atoms with Crippen molar-refractivity contribution < 1.29 is 0 Å². The van der Waals surface area contributed by atoms with Crippen molar-refractivity contribution in [2.75, 3.05) is 17.2 Å². The van der Waals surface area contributed by atoms with E-state index < -0.39 is 0 Å². The van der Waals surface area contributed by atoms with Crippen LogP contribution in [0.2, 0.25) is 0 Å².